The van der Waals surface area contributed by atoms with E-state index in [9.17, 15) is 14.4 Å². The van der Waals surface area contributed by atoms with Crippen molar-refractivity contribution >= 4 is 23.7 Å². The second kappa shape index (κ2) is 8.22. The summed E-state index contributed by atoms with van der Waals surface area (Å²) in [6, 6.07) is 1.96. The molecule has 1 N–H and O–H groups in total. The molecule has 0 radical (unpaired) electrons. The SMILES string of the molecule is O=C(O)C1CCN(C(=O)C2CN(C3CCN(c4ccnnc4)CC3)C(=O)O2)CC1. The summed E-state index contributed by atoms with van der Waals surface area (Å²) in [4.78, 5) is 41.7. The average Bonchev–Trinajstić information content (AvgIpc) is 3.15. The molecule has 1 atom stereocenters. The van der Waals surface area contributed by atoms with Crippen LogP contribution in [0.2, 0.25) is 0 Å². The van der Waals surface area contributed by atoms with Crippen LogP contribution in [0.1, 0.15) is 25.7 Å². The summed E-state index contributed by atoms with van der Waals surface area (Å²) in [5.41, 5.74) is 1.01. The zero-order chi connectivity index (χ0) is 20.4. The van der Waals surface area contributed by atoms with Gasteiger partial charge in [0.15, 0.2) is 6.10 Å². The smallest absolute Gasteiger partial charge is 0.411 e. The van der Waals surface area contributed by atoms with Crippen molar-refractivity contribution in [2.24, 2.45) is 5.92 Å². The van der Waals surface area contributed by atoms with Gasteiger partial charge in [0, 0.05) is 32.2 Å². The van der Waals surface area contributed by atoms with Crippen molar-refractivity contribution in [1.29, 1.82) is 0 Å². The molecule has 3 fully saturated rings. The predicted molar refractivity (Wildman–Crippen MR) is 101 cm³/mol. The highest BCUT2D eigenvalue weighted by molar-refractivity contribution is 5.86. The molecule has 1 unspecified atom stereocenters. The molecule has 10 nitrogen and oxygen atoms in total. The van der Waals surface area contributed by atoms with Gasteiger partial charge in [-0.15, -0.1) is 0 Å². The summed E-state index contributed by atoms with van der Waals surface area (Å²) < 4.78 is 5.38. The van der Waals surface area contributed by atoms with E-state index in [1.807, 2.05) is 6.07 Å². The molecule has 3 aliphatic rings. The molecule has 0 spiro atoms. The van der Waals surface area contributed by atoms with Gasteiger partial charge in [0.1, 0.15) is 0 Å². The van der Waals surface area contributed by atoms with E-state index in [1.54, 1.807) is 22.2 Å². The number of aliphatic carboxylic acids is 1. The molecule has 0 aliphatic carbocycles. The molecular formula is C19H25N5O5. The van der Waals surface area contributed by atoms with E-state index in [0.29, 0.717) is 25.9 Å². The molecule has 29 heavy (non-hydrogen) atoms. The van der Waals surface area contributed by atoms with E-state index in [-0.39, 0.29) is 18.5 Å². The number of cyclic esters (lactones) is 1. The Balaban J connectivity index is 1.29. The number of carbonyl (C=O) groups excluding carboxylic acids is 2. The molecule has 156 valence electrons. The third kappa shape index (κ3) is 4.10. The van der Waals surface area contributed by atoms with Crippen LogP contribution in [0.5, 0.6) is 0 Å². The summed E-state index contributed by atoms with van der Waals surface area (Å²) in [6.45, 7) is 2.63. The summed E-state index contributed by atoms with van der Waals surface area (Å²) in [5.74, 6) is -1.43. The Kier molecular flexibility index (Phi) is 5.50. The molecule has 0 saturated carbocycles. The van der Waals surface area contributed by atoms with Crippen LogP contribution in [0, 0.1) is 5.92 Å². The van der Waals surface area contributed by atoms with Crippen molar-refractivity contribution in [3.05, 3.63) is 18.5 Å². The van der Waals surface area contributed by atoms with Crippen molar-refractivity contribution in [3.8, 4) is 0 Å². The highest BCUT2D eigenvalue weighted by Gasteiger charge is 2.42. The number of carboxylic acids is 1. The molecule has 3 saturated heterocycles. The fourth-order valence-electron chi connectivity index (χ4n) is 4.36. The molecule has 0 aromatic carbocycles. The molecule has 3 aliphatic heterocycles. The molecule has 2 amide bonds. The van der Waals surface area contributed by atoms with Gasteiger partial charge in [0.2, 0.25) is 0 Å². The van der Waals surface area contributed by atoms with Crippen LogP contribution in [0.25, 0.3) is 0 Å². The number of ether oxygens (including phenoxy) is 1. The van der Waals surface area contributed by atoms with Gasteiger partial charge in [-0.1, -0.05) is 0 Å². The van der Waals surface area contributed by atoms with Crippen LogP contribution in [-0.2, 0) is 14.3 Å². The van der Waals surface area contributed by atoms with Crippen molar-refractivity contribution in [2.75, 3.05) is 37.6 Å². The topological polar surface area (TPSA) is 116 Å². The van der Waals surface area contributed by atoms with Crippen LogP contribution in [0.4, 0.5) is 10.5 Å². The highest BCUT2D eigenvalue weighted by Crippen LogP contribution is 2.26. The second-order valence-electron chi connectivity index (χ2n) is 7.78. The zero-order valence-corrected chi connectivity index (χ0v) is 16.1. The van der Waals surface area contributed by atoms with E-state index in [4.69, 9.17) is 9.84 Å². The maximum Gasteiger partial charge on any atom is 0.411 e. The molecule has 1 aromatic heterocycles. The quantitative estimate of drug-likeness (QED) is 0.776. The minimum Gasteiger partial charge on any atom is -0.481 e. The summed E-state index contributed by atoms with van der Waals surface area (Å²) >= 11 is 0. The third-order valence-corrected chi connectivity index (χ3v) is 6.11. The fourth-order valence-corrected chi connectivity index (χ4v) is 4.36. The number of rotatable bonds is 4. The number of nitrogens with zero attached hydrogens (tertiary/aromatic N) is 5. The normalized spacial score (nSPS) is 23.9. The van der Waals surface area contributed by atoms with E-state index >= 15 is 0 Å². The van der Waals surface area contributed by atoms with Gasteiger partial charge in [0.25, 0.3) is 5.91 Å². The first-order valence-electron chi connectivity index (χ1n) is 10.0. The number of hydrogen-bond donors (Lipinski definition) is 1. The standard InChI is InChI=1S/C19H25N5O5/c25-17(23-7-2-13(3-8-23)18(26)27)16-12-24(19(28)29-16)14-4-9-22(10-5-14)15-1-6-20-21-11-15/h1,6,11,13-14,16H,2-5,7-10,12H2,(H,26,27). The number of carbonyl (C=O) groups is 3. The second-order valence-corrected chi connectivity index (χ2v) is 7.78. The Labute approximate surface area is 168 Å². The number of anilines is 1. The van der Waals surface area contributed by atoms with Crippen molar-refractivity contribution in [1.82, 2.24) is 20.0 Å². The molecule has 1 aromatic rings. The third-order valence-electron chi connectivity index (χ3n) is 6.11. The Morgan fingerprint density at radius 1 is 1.07 bits per heavy atom. The Hall–Kier alpha value is -2.91. The van der Waals surface area contributed by atoms with E-state index in [0.717, 1.165) is 31.6 Å². The van der Waals surface area contributed by atoms with Crippen LogP contribution in [0.3, 0.4) is 0 Å². The van der Waals surface area contributed by atoms with Crippen molar-refractivity contribution < 1.29 is 24.2 Å². The number of likely N-dealkylation sites (tertiary alicyclic amines) is 1. The van der Waals surface area contributed by atoms with Gasteiger partial charge in [-0.2, -0.15) is 10.2 Å². The zero-order valence-electron chi connectivity index (χ0n) is 16.1. The first kappa shape index (κ1) is 19.4. The minimum absolute atomic E-state index is 0.0455. The molecule has 4 heterocycles. The van der Waals surface area contributed by atoms with E-state index < -0.39 is 24.1 Å². The first-order chi connectivity index (χ1) is 14.0. The van der Waals surface area contributed by atoms with Gasteiger partial charge in [0.05, 0.1) is 30.5 Å². The lowest BCUT2D eigenvalue weighted by atomic mass is 9.97. The Bertz CT molecular complexity index is 760. The predicted octanol–water partition coefficient (Wildman–Crippen LogP) is 0.589. The maximum absolute atomic E-state index is 12.7. The Morgan fingerprint density at radius 3 is 2.41 bits per heavy atom. The summed E-state index contributed by atoms with van der Waals surface area (Å²) in [6.07, 6.45) is 4.62. The summed E-state index contributed by atoms with van der Waals surface area (Å²) in [7, 11) is 0. The molecule has 4 rings (SSSR count). The van der Waals surface area contributed by atoms with Gasteiger partial charge >= 0.3 is 12.1 Å². The monoisotopic (exact) mass is 403 g/mol. The highest BCUT2D eigenvalue weighted by atomic mass is 16.6. The Morgan fingerprint density at radius 2 is 1.79 bits per heavy atom. The average molecular weight is 403 g/mol. The number of piperidine rings is 2. The lowest BCUT2D eigenvalue weighted by Crippen LogP contribution is -2.48. The van der Waals surface area contributed by atoms with Gasteiger partial charge < -0.3 is 24.5 Å². The van der Waals surface area contributed by atoms with Crippen molar-refractivity contribution in [2.45, 2.75) is 37.8 Å². The molecule has 10 heteroatoms. The summed E-state index contributed by atoms with van der Waals surface area (Å²) in [5, 5.41) is 16.8. The van der Waals surface area contributed by atoms with Gasteiger partial charge in [-0.3, -0.25) is 9.59 Å². The van der Waals surface area contributed by atoms with Crippen LogP contribution < -0.4 is 4.90 Å². The first-order valence-corrected chi connectivity index (χ1v) is 10.0. The molecular weight excluding hydrogens is 378 g/mol. The van der Waals surface area contributed by atoms with E-state index in [2.05, 4.69) is 15.1 Å². The number of carboxylic acid groups (broad SMARTS) is 1. The van der Waals surface area contributed by atoms with Gasteiger partial charge in [-0.25, -0.2) is 4.79 Å². The van der Waals surface area contributed by atoms with Gasteiger partial charge in [-0.05, 0) is 31.7 Å². The maximum atomic E-state index is 12.7. The lowest BCUT2D eigenvalue weighted by molar-refractivity contribution is -0.147. The van der Waals surface area contributed by atoms with E-state index in [1.165, 1.54) is 0 Å². The van der Waals surface area contributed by atoms with Crippen molar-refractivity contribution in [3.63, 3.8) is 0 Å². The number of hydrogen-bond acceptors (Lipinski definition) is 7. The number of amides is 2. The largest absolute Gasteiger partial charge is 0.481 e. The number of aromatic nitrogens is 2. The molecule has 0 bridgehead atoms. The lowest BCUT2D eigenvalue weighted by Gasteiger charge is -2.36. The van der Waals surface area contributed by atoms with Crippen LogP contribution in [0.15, 0.2) is 18.5 Å². The fraction of sp³-hybridized carbons (Fsp3) is 0.632. The van der Waals surface area contributed by atoms with Crippen LogP contribution >= 0.6 is 0 Å². The van der Waals surface area contributed by atoms with Crippen LogP contribution in [-0.4, -0.2) is 87.9 Å². The minimum atomic E-state index is -0.815.